The van der Waals surface area contributed by atoms with Crippen LogP contribution in [0.1, 0.15) is 12.5 Å². The normalized spacial score (nSPS) is 15.5. The number of piperazine rings is 1. The fourth-order valence-corrected chi connectivity index (χ4v) is 4.21. The lowest BCUT2D eigenvalue weighted by Gasteiger charge is -2.38. The summed E-state index contributed by atoms with van der Waals surface area (Å²) in [5, 5.41) is 0.760. The number of aryl methyl sites for hydroxylation is 1. The number of benzene rings is 2. The smallest absolute Gasteiger partial charge is 0.178 e. The molecule has 2 aromatic rings. The lowest BCUT2D eigenvalue weighted by Crippen LogP contribution is -2.46. The van der Waals surface area contributed by atoms with Gasteiger partial charge in [0.25, 0.3) is 0 Å². The summed E-state index contributed by atoms with van der Waals surface area (Å²) in [4.78, 5) is 5.04. The maximum atomic E-state index is 11.9. The lowest BCUT2D eigenvalue weighted by molar-refractivity contribution is 0.597. The Labute approximate surface area is 154 Å². The number of rotatable bonds is 4. The van der Waals surface area contributed by atoms with Gasteiger partial charge in [0.15, 0.2) is 9.84 Å². The Bertz CT molecular complexity index is 842. The molecule has 0 saturated carbocycles. The van der Waals surface area contributed by atoms with Gasteiger partial charge in [-0.3, -0.25) is 0 Å². The number of anilines is 2. The molecule has 1 aliphatic rings. The third-order valence-corrected chi connectivity index (χ3v) is 6.72. The van der Waals surface area contributed by atoms with Crippen LogP contribution in [0.25, 0.3) is 0 Å². The molecule has 0 spiro atoms. The average molecular weight is 379 g/mol. The maximum Gasteiger partial charge on any atom is 0.178 e. The van der Waals surface area contributed by atoms with Crippen molar-refractivity contribution in [3.05, 3.63) is 53.1 Å². The molecule has 6 heteroatoms. The van der Waals surface area contributed by atoms with E-state index in [0.717, 1.165) is 36.9 Å². The fourth-order valence-electron chi connectivity index (χ4n) is 3.16. The van der Waals surface area contributed by atoms with Crippen molar-refractivity contribution in [3.8, 4) is 0 Å². The predicted molar refractivity (Wildman–Crippen MR) is 105 cm³/mol. The summed E-state index contributed by atoms with van der Waals surface area (Å²) in [6.07, 6.45) is 0. The van der Waals surface area contributed by atoms with Crippen molar-refractivity contribution >= 4 is 32.8 Å². The highest BCUT2D eigenvalue weighted by molar-refractivity contribution is 7.91. The molecule has 4 nitrogen and oxygen atoms in total. The second kappa shape index (κ2) is 7.26. The van der Waals surface area contributed by atoms with Crippen molar-refractivity contribution in [1.29, 1.82) is 0 Å². The molecule has 2 aromatic carbocycles. The van der Waals surface area contributed by atoms with Crippen LogP contribution in [0.5, 0.6) is 0 Å². The highest BCUT2D eigenvalue weighted by Gasteiger charge is 2.19. The predicted octanol–water partition coefficient (Wildman–Crippen LogP) is 3.77. The summed E-state index contributed by atoms with van der Waals surface area (Å²) in [6.45, 7) is 7.38. The zero-order chi connectivity index (χ0) is 18.0. The molecule has 0 radical (unpaired) electrons. The standard InChI is InChI=1S/C19H23ClN2O2S/c1-3-25(23,24)18-8-6-17(7-9-18)21-10-12-22(13-11-21)19-14-16(20)5-4-15(19)2/h4-9,14H,3,10-13H2,1-2H3. The van der Waals surface area contributed by atoms with Gasteiger partial charge in [0, 0.05) is 42.6 Å². The molecule has 0 N–H and O–H groups in total. The first-order chi connectivity index (χ1) is 11.9. The van der Waals surface area contributed by atoms with E-state index in [2.05, 4.69) is 22.8 Å². The van der Waals surface area contributed by atoms with Crippen molar-refractivity contribution in [2.24, 2.45) is 0 Å². The topological polar surface area (TPSA) is 40.6 Å². The van der Waals surface area contributed by atoms with Crippen molar-refractivity contribution in [2.75, 3.05) is 41.7 Å². The van der Waals surface area contributed by atoms with Gasteiger partial charge in [-0.25, -0.2) is 8.42 Å². The molecule has 134 valence electrons. The first-order valence-electron chi connectivity index (χ1n) is 8.49. The quantitative estimate of drug-likeness (QED) is 0.812. The van der Waals surface area contributed by atoms with Gasteiger partial charge in [-0.1, -0.05) is 24.6 Å². The van der Waals surface area contributed by atoms with Crippen molar-refractivity contribution in [1.82, 2.24) is 0 Å². The molecule has 25 heavy (non-hydrogen) atoms. The Kier molecular flexibility index (Phi) is 5.25. The molecule has 0 aromatic heterocycles. The van der Waals surface area contributed by atoms with Gasteiger partial charge in [-0.15, -0.1) is 0 Å². The summed E-state index contributed by atoms with van der Waals surface area (Å²) in [6, 6.07) is 13.2. The second-order valence-corrected chi connectivity index (χ2v) is 9.02. The van der Waals surface area contributed by atoms with Crippen LogP contribution in [-0.4, -0.2) is 40.3 Å². The molecular weight excluding hydrogens is 356 g/mol. The van der Waals surface area contributed by atoms with E-state index in [-0.39, 0.29) is 5.75 Å². The lowest BCUT2D eigenvalue weighted by atomic mass is 10.1. The van der Waals surface area contributed by atoms with Crippen LogP contribution in [-0.2, 0) is 9.84 Å². The third-order valence-electron chi connectivity index (χ3n) is 4.73. The van der Waals surface area contributed by atoms with Crippen molar-refractivity contribution in [3.63, 3.8) is 0 Å². The largest absolute Gasteiger partial charge is 0.368 e. The van der Waals surface area contributed by atoms with E-state index in [1.165, 1.54) is 11.3 Å². The number of sulfone groups is 1. The Morgan fingerprint density at radius 2 is 1.56 bits per heavy atom. The molecule has 1 heterocycles. The average Bonchev–Trinajstić information content (AvgIpc) is 2.64. The first-order valence-corrected chi connectivity index (χ1v) is 10.5. The maximum absolute atomic E-state index is 11.9. The Morgan fingerprint density at radius 1 is 0.960 bits per heavy atom. The first kappa shape index (κ1) is 18.1. The van der Waals surface area contributed by atoms with Crippen LogP contribution in [0.4, 0.5) is 11.4 Å². The van der Waals surface area contributed by atoms with Crippen LogP contribution >= 0.6 is 11.6 Å². The summed E-state index contributed by atoms with van der Waals surface area (Å²) >= 11 is 6.14. The molecule has 0 unspecified atom stereocenters. The van der Waals surface area contributed by atoms with Crippen LogP contribution in [0.15, 0.2) is 47.4 Å². The fraction of sp³-hybridized carbons (Fsp3) is 0.368. The van der Waals surface area contributed by atoms with E-state index in [1.54, 1.807) is 19.1 Å². The summed E-state index contributed by atoms with van der Waals surface area (Å²) in [5.41, 5.74) is 3.49. The number of nitrogens with zero attached hydrogens (tertiary/aromatic N) is 2. The van der Waals surface area contributed by atoms with Gasteiger partial charge in [0.05, 0.1) is 10.6 Å². The summed E-state index contributed by atoms with van der Waals surface area (Å²) in [7, 11) is -3.14. The molecule has 0 bridgehead atoms. The van der Waals surface area contributed by atoms with Crippen molar-refractivity contribution in [2.45, 2.75) is 18.7 Å². The minimum absolute atomic E-state index is 0.129. The molecule has 3 rings (SSSR count). The third kappa shape index (κ3) is 3.93. The van der Waals surface area contributed by atoms with E-state index < -0.39 is 9.84 Å². The molecular formula is C19H23ClN2O2S. The molecule has 1 aliphatic heterocycles. The number of hydrogen-bond donors (Lipinski definition) is 0. The molecule has 1 fully saturated rings. The monoisotopic (exact) mass is 378 g/mol. The summed E-state index contributed by atoms with van der Waals surface area (Å²) < 4.78 is 23.8. The molecule has 0 amide bonds. The zero-order valence-electron chi connectivity index (χ0n) is 14.6. The minimum Gasteiger partial charge on any atom is -0.368 e. The van der Waals surface area contributed by atoms with E-state index in [1.807, 2.05) is 24.3 Å². The number of halogens is 1. The Hall–Kier alpha value is -1.72. The van der Waals surface area contributed by atoms with Gasteiger partial charge in [0.1, 0.15) is 0 Å². The van der Waals surface area contributed by atoms with Crippen LogP contribution in [0, 0.1) is 6.92 Å². The minimum atomic E-state index is -3.14. The number of hydrogen-bond acceptors (Lipinski definition) is 4. The zero-order valence-corrected chi connectivity index (χ0v) is 16.1. The van der Waals surface area contributed by atoms with Gasteiger partial charge in [0.2, 0.25) is 0 Å². The van der Waals surface area contributed by atoms with Gasteiger partial charge >= 0.3 is 0 Å². The van der Waals surface area contributed by atoms with Gasteiger partial charge in [-0.2, -0.15) is 0 Å². The molecule has 1 saturated heterocycles. The van der Waals surface area contributed by atoms with Gasteiger partial charge in [-0.05, 0) is 48.9 Å². The summed E-state index contributed by atoms with van der Waals surface area (Å²) in [5.74, 6) is 0.129. The Morgan fingerprint density at radius 3 is 2.16 bits per heavy atom. The SMILES string of the molecule is CCS(=O)(=O)c1ccc(N2CCN(c3cc(Cl)ccc3C)CC2)cc1. The van der Waals surface area contributed by atoms with E-state index in [9.17, 15) is 8.42 Å². The molecule has 0 aliphatic carbocycles. The highest BCUT2D eigenvalue weighted by Crippen LogP contribution is 2.27. The van der Waals surface area contributed by atoms with E-state index in [0.29, 0.717) is 4.90 Å². The van der Waals surface area contributed by atoms with Crippen LogP contribution < -0.4 is 9.80 Å². The van der Waals surface area contributed by atoms with Crippen molar-refractivity contribution < 1.29 is 8.42 Å². The van der Waals surface area contributed by atoms with Gasteiger partial charge < -0.3 is 9.80 Å². The second-order valence-electron chi connectivity index (χ2n) is 6.30. The Balaban J connectivity index is 1.69. The van der Waals surface area contributed by atoms with Crippen LogP contribution in [0.3, 0.4) is 0 Å². The highest BCUT2D eigenvalue weighted by atomic mass is 35.5. The molecule has 0 atom stereocenters. The van der Waals surface area contributed by atoms with E-state index in [4.69, 9.17) is 11.6 Å². The van der Waals surface area contributed by atoms with Crippen LogP contribution in [0.2, 0.25) is 5.02 Å². The van der Waals surface area contributed by atoms with E-state index >= 15 is 0 Å².